The van der Waals surface area contributed by atoms with Crippen molar-refractivity contribution in [2.75, 3.05) is 30.9 Å². The highest BCUT2D eigenvalue weighted by Crippen LogP contribution is 2.36. The standard InChI is InChI=1S/C25H30F3N5S/c1-33(2)23-21-5-3-4-6-22(21)31-24(32-23)30-19-11-7-17(8-12-19)15-29-16-18-9-13-20(14-10-18)34-25(26,27)28/h3-6,9-10,13-14,17,19,29H,7-8,11-12,15-16H2,1-2H3,(H,30,31,32). The lowest BCUT2D eigenvalue weighted by molar-refractivity contribution is -0.0328. The van der Waals surface area contributed by atoms with Gasteiger partial charge in [-0.3, -0.25) is 0 Å². The largest absolute Gasteiger partial charge is 0.446 e. The lowest BCUT2D eigenvalue weighted by Crippen LogP contribution is -2.31. The molecule has 182 valence electrons. The van der Waals surface area contributed by atoms with Crippen LogP contribution in [0.2, 0.25) is 0 Å². The van der Waals surface area contributed by atoms with E-state index in [2.05, 4.69) is 10.6 Å². The second-order valence-corrected chi connectivity index (χ2v) is 10.1. The number of nitrogens with zero attached hydrogens (tertiary/aromatic N) is 3. The van der Waals surface area contributed by atoms with Crippen LogP contribution in [0.3, 0.4) is 0 Å². The molecule has 2 N–H and O–H groups in total. The maximum Gasteiger partial charge on any atom is 0.446 e. The highest BCUT2D eigenvalue weighted by Gasteiger charge is 2.29. The summed E-state index contributed by atoms with van der Waals surface area (Å²) in [5.41, 5.74) is -2.32. The minimum Gasteiger partial charge on any atom is -0.362 e. The Kier molecular flexibility index (Phi) is 7.83. The molecule has 0 bridgehead atoms. The van der Waals surface area contributed by atoms with Crippen LogP contribution in [0.4, 0.5) is 24.9 Å². The normalized spacial score (nSPS) is 18.7. The molecule has 3 aromatic rings. The number of rotatable bonds is 8. The Morgan fingerprint density at radius 2 is 1.68 bits per heavy atom. The van der Waals surface area contributed by atoms with Gasteiger partial charge in [-0.15, -0.1) is 0 Å². The second kappa shape index (κ2) is 10.8. The van der Waals surface area contributed by atoms with Crippen molar-refractivity contribution >= 4 is 34.4 Å². The van der Waals surface area contributed by atoms with Crippen molar-refractivity contribution in [3.8, 4) is 0 Å². The number of hydrogen-bond acceptors (Lipinski definition) is 6. The molecule has 5 nitrogen and oxygen atoms in total. The molecule has 0 amide bonds. The number of fused-ring (bicyclic) bond motifs is 1. The summed E-state index contributed by atoms with van der Waals surface area (Å²) in [5, 5.41) is 8.05. The quantitative estimate of drug-likeness (QED) is 0.375. The molecule has 0 unspecified atom stereocenters. The number of anilines is 2. The fourth-order valence-corrected chi connectivity index (χ4v) is 4.93. The van der Waals surface area contributed by atoms with Crippen molar-refractivity contribution in [2.45, 2.75) is 48.7 Å². The molecule has 1 aliphatic carbocycles. The topological polar surface area (TPSA) is 53.1 Å². The average molecular weight is 490 g/mol. The molecule has 0 atom stereocenters. The molecule has 1 heterocycles. The fourth-order valence-electron chi connectivity index (χ4n) is 4.39. The summed E-state index contributed by atoms with van der Waals surface area (Å²) in [6, 6.07) is 15.0. The van der Waals surface area contributed by atoms with Crippen LogP contribution >= 0.6 is 11.8 Å². The Morgan fingerprint density at radius 3 is 2.35 bits per heavy atom. The van der Waals surface area contributed by atoms with Gasteiger partial charge in [0.25, 0.3) is 0 Å². The Balaban J connectivity index is 1.23. The highest BCUT2D eigenvalue weighted by atomic mass is 32.2. The second-order valence-electron chi connectivity index (χ2n) is 8.97. The molecule has 9 heteroatoms. The van der Waals surface area contributed by atoms with Crippen LogP contribution in [0.5, 0.6) is 0 Å². The van der Waals surface area contributed by atoms with Gasteiger partial charge in [0.2, 0.25) is 5.95 Å². The Labute approximate surface area is 202 Å². The molecule has 0 aliphatic heterocycles. The van der Waals surface area contributed by atoms with Gasteiger partial charge in [-0.25, -0.2) is 4.98 Å². The summed E-state index contributed by atoms with van der Waals surface area (Å²) >= 11 is -0.0785. The minimum atomic E-state index is -4.25. The van der Waals surface area contributed by atoms with E-state index in [1.54, 1.807) is 12.1 Å². The van der Waals surface area contributed by atoms with E-state index >= 15 is 0 Å². The lowest BCUT2D eigenvalue weighted by atomic mass is 9.86. The first-order chi connectivity index (χ1) is 16.3. The van der Waals surface area contributed by atoms with Crippen molar-refractivity contribution in [3.63, 3.8) is 0 Å². The van der Waals surface area contributed by atoms with E-state index in [9.17, 15) is 13.2 Å². The van der Waals surface area contributed by atoms with Crippen molar-refractivity contribution in [3.05, 3.63) is 54.1 Å². The van der Waals surface area contributed by atoms with Gasteiger partial charge in [0.1, 0.15) is 5.82 Å². The number of para-hydroxylation sites is 1. The number of alkyl halides is 3. The summed E-state index contributed by atoms with van der Waals surface area (Å²) < 4.78 is 37.3. The Hall–Kier alpha value is -2.52. The summed E-state index contributed by atoms with van der Waals surface area (Å²) in [6.45, 7) is 1.57. The Morgan fingerprint density at radius 1 is 0.971 bits per heavy atom. The third-order valence-electron chi connectivity index (χ3n) is 6.11. The molecule has 1 fully saturated rings. The van der Waals surface area contributed by atoms with Crippen LogP contribution in [0.15, 0.2) is 53.4 Å². The van der Waals surface area contributed by atoms with E-state index in [1.807, 2.05) is 43.3 Å². The smallest absolute Gasteiger partial charge is 0.362 e. The summed E-state index contributed by atoms with van der Waals surface area (Å²) in [7, 11) is 3.99. The van der Waals surface area contributed by atoms with Gasteiger partial charge >= 0.3 is 5.51 Å². The van der Waals surface area contributed by atoms with E-state index in [-0.39, 0.29) is 16.7 Å². The number of thioether (sulfide) groups is 1. The van der Waals surface area contributed by atoms with Crippen molar-refractivity contribution in [1.29, 1.82) is 0 Å². The number of aromatic nitrogens is 2. The van der Waals surface area contributed by atoms with E-state index in [1.165, 1.54) is 12.1 Å². The van der Waals surface area contributed by atoms with Crippen LogP contribution in [0.1, 0.15) is 31.2 Å². The van der Waals surface area contributed by atoms with Gasteiger partial charge in [0, 0.05) is 37.0 Å². The third kappa shape index (κ3) is 6.76. The number of hydrogen-bond donors (Lipinski definition) is 2. The predicted octanol–water partition coefficient (Wildman–Crippen LogP) is 6.07. The lowest BCUT2D eigenvalue weighted by Gasteiger charge is -2.29. The number of halogens is 3. The molecule has 0 spiro atoms. The molecule has 0 saturated heterocycles. The molecule has 0 radical (unpaired) electrons. The first kappa shape index (κ1) is 24.6. The molecule has 4 rings (SSSR count). The van der Waals surface area contributed by atoms with E-state index in [0.29, 0.717) is 24.5 Å². The van der Waals surface area contributed by atoms with Crippen LogP contribution in [-0.2, 0) is 6.54 Å². The zero-order valence-electron chi connectivity index (χ0n) is 19.4. The Bertz CT molecular complexity index is 1080. The molecular weight excluding hydrogens is 459 g/mol. The first-order valence-corrected chi connectivity index (χ1v) is 12.3. The third-order valence-corrected chi connectivity index (χ3v) is 6.85. The number of nitrogens with one attached hydrogen (secondary N) is 2. The van der Waals surface area contributed by atoms with E-state index in [0.717, 1.165) is 54.5 Å². The van der Waals surface area contributed by atoms with Crippen LogP contribution in [0.25, 0.3) is 10.9 Å². The predicted molar refractivity (Wildman–Crippen MR) is 133 cm³/mol. The van der Waals surface area contributed by atoms with Gasteiger partial charge in [0.15, 0.2) is 0 Å². The van der Waals surface area contributed by atoms with Crippen LogP contribution < -0.4 is 15.5 Å². The fraction of sp³-hybridized carbons (Fsp3) is 0.440. The summed E-state index contributed by atoms with van der Waals surface area (Å²) in [4.78, 5) is 11.7. The first-order valence-electron chi connectivity index (χ1n) is 11.5. The van der Waals surface area contributed by atoms with E-state index in [4.69, 9.17) is 9.97 Å². The SMILES string of the molecule is CN(C)c1nc(NC2CCC(CNCc3ccc(SC(F)(F)F)cc3)CC2)nc2ccccc12. The van der Waals surface area contributed by atoms with Crippen molar-refractivity contribution in [1.82, 2.24) is 15.3 Å². The zero-order valence-corrected chi connectivity index (χ0v) is 20.2. The maximum absolute atomic E-state index is 12.4. The summed E-state index contributed by atoms with van der Waals surface area (Å²) in [6.07, 6.45) is 4.34. The van der Waals surface area contributed by atoms with Gasteiger partial charge in [-0.1, -0.05) is 24.3 Å². The van der Waals surface area contributed by atoms with Gasteiger partial charge in [0.05, 0.1) is 5.52 Å². The van der Waals surface area contributed by atoms with Gasteiger partial charge in [-0.05, 0) is 79.7 Å². The summed E-state index contributed by atoms with van der Waals surface area (Å²) in [5.74, 6) is 2.18. The molecule has 1 saturated carbocycles. The minimum absolute atomic E-state index is 0.0785. The zero-order chi connectivity index (χ0) is 24.1. The van der Waals surface area contributed by atoms with Crippen molar-refractivity contribution in [2.24, 2.45) is 5.92 Å². The van der Waals surface area contributed by atoms with Crippen LogP contribution in [-0.4, -0.2) is 42.2 Å². The highest BCUT2D eigenvalue weighted by molar-refractivity contribution is 8.00. The van der Waals surface area contributed by atoms with Crippen LogP contribution in [0, 0.1) is 5.92 Å². The molecular formula is C25H30F3N5S. The molecule has 1 aliphatic rings. The monoisotopic (exact) mass is 489 g/mol. The number of benzene rings is 2. The maximum atomic E-state index is 12.4. The van der Waals surface area contributed by atoms with Gasteiger partial charge in [-0.2, -0.15) is 18.2 Å². The van der Waals surface area contributed by atoms with Crippen molar-refractivity contribution < 1.29 is 13.2 Å². The molecule has 2 aromatic carbocycles. The average Bonchev–Trinajstić information content (AvgIpc) is 2.80. The molecule has 1 aromatic heterocycles. The van der Waals surface area contributed by atoms with E-state index < -0.39 is 5.51 Å². The van der Waals surface area contributed by atoms with Gasteiger partial charge < -0.3 is 15.5 Å². The molecule has 34 heavy (non-hydrogen) atoms.